The molecule has 2 fully saturated rings. The van der Waals surface area contributed by atoms with Crippen LogP contribution >= 0.6 is 11.8 Å². The Bertz CT molecular complexity index is 774. The number of hydrogen-bond acceptors (Lipinski definition) is 6. The van der Waals surface area contributed by atoms with Gasteiger partial charge in [0.15, 0.2) is 0 Å². The van der Waals surface area contributed by atoms with Crippen LogP contribution in [-0.4, -0.2) is 83.1 Å². The third-order valence-corrected chi connectivity index (χ3v) is 9.07. The summed E-state index contributed by atoms with van der Waals surface area (Å²) in [5.41, 5.74) is 2.06. The zero-order valence-electron chi connectivity index (χ0n) is 22.6. The van der Waals surface area contributed by atoms with E-state index >= 15 is 0 Å². The van der Waals surface area contributed by atoms with Crippen LogP contribution in [0.1, 0.15) is 79.1 Å². The molecule has 0 saturated heterocycles. The van der Waals surface area contributed by atoms with Crippen molar-refractivity contribution in [3.05, 3.63) is 0 Å². The average Bonchev–Trinajstić information content (AvgIpc) is 3.28. The zero-order valence-corrected chi connectivity index (χ0v) is 23.4. The maximum Gasteiger partial charge on any atom is 0.347 e. The molecule has 35 heavy (non-hydrogen) atoms. The summed E-state index contributed by atoms with van der Waals surface area (Å²) in [6, 6.07) is 1.47. The third-order valence-electron chi connectivity index (χ3n) is 7.97. The molecular formula is C27H49N6OS+. The van der Waals surface area contributed by atoms with E-state index in [4.69, 9.17) is 0 Å². The van der Waals surface area contributed by atoms with Gasteiger partial charge in [-0.1, -0.05) is 27.7 Å². The number of fused-ring (bicyclic) bond motifs is 1. The molecule has 7 nitrogen and oxygen atoms in total. The lowest BCUT2D eigenvalue weighted by Gasteiger charge is -2.36. The number of guanidine groups is 1. The Balaban J connectivity index is 1.30. The van der Waals surface area contributed by atoms with Crippen molar-refractivity contribution in [2.45, 2.75) is 109 Å². The van der Waals surface area contributed by atoms with Gasteiger partial charge in [-0.25, -0.2) is 0 Å². The minimum absolute atomic E-state index is 0.142. The average molecular weight is 506 g/mol. The van der Waals surface area contributed by atoms with Gasteiger partial charge in [0.05, 0.1) is 31.2 Å². The minimum Gasteiger partial charge on any atom is -0.342 e. The lowest BCUT2D eigenvalue weighted by atomic mass is 9.84. The Morgan fingerprint density at radius 1 is 1.11 bits per heavy atom. The smallest absolute Gasteiger partial charge is 0.342 e. The monoisotopic (exact) mass is 505 g/mol. The van der Waals surface area contributed by atoms with E-state index in [2.05, 4.69) is 70.7 Å². The molecule has 1 amide bonds. The van der Waals surface area contributed by atoms with Crippen LogP contribution in [-0.2, 0) is 4.79 Å². The molecule has 0 bridgehead atoms. The van der Waals surface area contributed by atoms with Crippen molar-refractivity contribution in [2.75, 3.05) is 26.7 Å². The van der Waals surface area contributed by atoms with Crippen LogP contribution in [0.2, 0.25) is 0 Å². The predicted octanol–water partition coefficient (Wildman–Crippen LogP) is 3.25. The Morgan fingerprint density at radius 2 is 1.89 bits per heavy atom. The van der Waals surface area contributed by atoms with Crippen molar-refractivity contribution in [3.8, 4) is 0 Å². The highest BCUT2D eigenvalue weighted by Crippen LogP contribution is 2.34. The van der Waals surface area contributed by atoms with E-state index < -0.39 is 0 Å². The van der Waals surface area contributed by atoms with Gasteiger partial charge in [-0.3, -0.25) is 30.3 Å². The predicted molar refractivity (Wildman–Crippen MR) is 147 cm³/mol. The highest BCUT2D eigenvalue weighted by molar-refractivity contribution is 8.12. The molecule has 6 unspecified atom stereocenters. The number of hydrogen-bond donors (Lipinski definition) is 3. The Labute approximate surface area is 217 Å². The van der Waals surface area contributed by atoms with Crippen molar-refractivity contribution in [3.63, 3.8) is 0 Å². The molecule has 0 aromatic carbocycles. The number of carbonyl (C=O) groups is 1. The number of thioether (sulfide) groups is 1. The van der Waals surface area contributed by atoms with Gasteiger partial charge in [0, 0.05) is 36.7 Å². The Kier molecular flexibility index (Phi) is 9.41. The van der Waals surface area contributed by atoms with Crippen LogP contribution in [0.4, 0.5) is 0 Å². The molecule has 2 aliphatic carbocycles. The Hall–Kier alpha value is -1.28. The standard InChI is InChI=1S/C27H48N6OS/c1-18(2)15-33(16-19(3)4)26(34)20-7-6-8-21(13-20)30-27-31-25(11-12-32(27)5)29-22-9-10-23-24(14-22)35-17-28-23/h17-25,29H,6-16H2,1-5H3,(H,30,31)/p+1. The fourth-order valence-electron chi connectivity index (χ4n) is 6.25. The highest BCUT2D eigenvalue weighted by atomic mass is 32.2. The normalized spacial score (nSPS) is 33.1. The van der Waals surface area contributed by atoms with Crippen molar-refractivity contribution in [2.24, 2.45) is 22.7 Å². The summed E-state index contributed by atoms with van der Waals surface area (Å²) >= 11 is 1.92. The van der Waals surface area contributed by atoms with Crippen molar-refractivity contribution in [1.29, 1.82) is 0 Å². The zero-order chi connectivity index (χ0) is 24.9. The number of amides is 1. The van der Waals surface area contributed by atoms with E-state index in [1.54, 1.807) is 0 Å². The van der Waals surface area contributed by atoms with Gasteiger partial charge in [-0.15, -0.1) is 11.8 Å². The first kappa shape index (κ1) is 26.8. The Morgan fingerprint density at radius 3 is 2.63 bits per heavy atom. The summed E-state index contributed by atoms with van der Waals surface area (Å²) in [5.74, 6) is 2.65. The quantitative estimate of drug-likeness (QED) is 0.442. The van der Waals surface area contributed by atoms with E-state index in [-0.39, 0.29) is 5.92 Å². The van der Waals surface area contributed by atoms with Crippen LogP contribution in [0.5, 0.6) is 0 Å². The summed E-state index contributed by atoms with van der Waals surface area (Å²) in [6.45, 7) is 11.6. The second-order valence-corrected chi connectivity index (χ2v) is 13.3. The molecule has 198 valence electrons. The fraction of sp³-hybridized carbons (Fsp3) is 0.889. The molecule has 4 aliphatic rings. The topological polar surface area (TPSA) is 71.8 Å². The molecule has 0 aromatic heterocycles. The molecular weight excluding hydrogens is 456 g/mol. The summed E-state index contributed by atoms with van der Waals surface area (Å²) in [5, 5.41) is 12.1. The SMILES string of the molecule is CC(C)CN(CC(C)C)C(=O)C1CCCC(NC2=[N+](C)CCC(NC3CCC4N=CSC4C3)N2)C1. The van der Waals surface area contributed by atoms with E-state index in [1.807, 2.05) is 11.8 Å². The van der Waals surface area contributed by atoms with Gasteiger partial charge < -0.3 is 4.90 Å². The van der Waals surface area contributed by atoms with Gasteiger partial charge in [0.25, 0.3) is 0 Å². The summed E-state index contributed by atoms with van der Waals surface area (Å²) in [4.78, 5) is 20.2. The van der Waals surface area contributed by atoms with Crippen LogP contribution in [0.25, 0.3) is 0 Å². The molecule has 4 rings (SSSR count). The maximum absolute atomic E-state index is 13.5. The first-order chi connectivity index (χ1) is 16.8. The number of carbonyl (C=O) groups excluding carboxylic acids is 1. The fourth-order valence-corrected chi connectivity index (χ4v) is 7.36. The minimum atomic E-state index is 0.142. The number of rotatable bonds is 8. The van der Waals surface area contributed by atoms with Crippen molar-refractivity contribution < 1.29 is 9.37 Å². The van der Waals surface area contributed by atoms with E-state index in [0.717, 1.165) is 57.7 Å². The number of aliphatic imine (C=N–C) groups is 1. The molecule has 2 saturated carbocycles. The second kappa shape index (κ2) is 12.3. The van der Waals surface area contributed by atoms with Crippen LogP contribution < -0.4 is 16.0 Å². The maximum atomic E-state index is 13.5. The number of nitrogens with one attached hydrogen (secondary N) is 3. The van der Waals surface area contributed by atoms with Gasteiger partial charge in [0.2, 0.25) is 5.91 Å². The summed E-state index contributed by atoms with van der Waals surface area (Å²) in [7, 11) is 2.17. The first-order valence-corrected chi connectivity index (χ1v) is 15.1. The molecule has 0 spiro atoms. The van der Waals surface area contributed by atoms with E-state index in [0.29, 0.717) is 47.3 Å². The van der Waals surface area contributed by atoms with Crippen LogP contribution in [0.3, 0.4) is 0 Å². The summed E-state index contributed by atoms with van der Waals surface area (Å²) < 4.78 is 2.31. The van der Waals surface area contributed by atoms with Gasteiger partial charge in [-0.05, 0) is 56.8 Å². The molecule has 2 aliphatic heterocycles. The summed E-state index contributed by atoms with van der Waals surface area (Å²) in [6.07, 6.45) is 9.25. The molecule has 2 heterocycles. The van der Waals surface area contributed by atoms with Crippen LogP contribution in [0, 0.1) is 17.8 Å². The second-order valence-electron chi connectivity index (χ2n) is 12.2. The highest BCUT2D eigenvalue weighted by Gasteiger charge is 2.37. The van der Waals surface area contributed by atoms with E-state index in [1.165, 1.54) is 19.3 Å². The molecule has 3 N–H and O–H groups in total. The van der Waals surface area contributed by atoms with Gasteiger partial charge >= 0.3 is 5.96 Å². The van der Waals surface area contributed by atoms with Crippen LogP contribution in [0.15, 0.2) is 4.99 Å². The van der Waals surface area contributed by atoms with E-state index in [9.17, 15) is 4.79 Å². The molecule has 8 heteroatoms. The number of nitrogens with zero attached hydrogens (tertiary/aromatic N) is 3. The van der Waals surface area contributed by atoms with Gasteiger partial charge in [-0.2, -0.15) is 0 Å². The molecule has 6 atom stereocenters. The largest absolute Gasteiger partial charge is 0.347 e. The molecule has 0 aromatic rings. The van der Waals surface area contributed by atoms with Gasteiger partial charge in [0.1, 0.15) is 6.17 Å². The van der Waals surface area contributed by atoms with Crippen molar-refractivity contribution >= 4 is 29.2 Å². The molecule has 0 radical (unpaired) electrons. The third kappa shape index (κ3) is 7.37. The van der Waals surface area contributed by atoms with Crippen molar-refractivity contribution in [1.82, 2.24) is 20.9 Å². The lowest BCUT2D eigenvalue weighted by Crippen LogP contribution is -2.61. The lowest BCUT2D eigenvalue weighted by molar-refractivity contribution is -0.508. The first-order valence-electron chi connectivity index (χ1n) is 14.1.